The number of aliphatic carboxylic acids is 1. The van der Waals surface area contributed by atoms with Crippen LogP contribution in [0, 0.1) is 0 Å². The normalized spacial score (nSPS) is 18.5. The SMILES string of the molecule is NC(=O)C1=CC=CCC1=CC(=O)O. The number of hydrogen-bond donors (Lipinski definition) is 2. The zero-order valence-electron chi connectivity index (χ0n) is 6.86. The number of carboxylic acids is 1. The van der Waals surface area contributed by atoms with Gasteiger partial charge in [0.2, 0.25) is 5.91 Å². The maximum atomic E-state index is 10.8. The smallest absolute Gasteiger partial charge is 0.328 e. The molecule has 0 radical (unpaired) electrons. The van der Waals surface area contributed by atoms with Gasteiger partial charge in [-0.05, 0) is 18.1 Å². The Labute approximate surface area is 75.0 Å². The van der Waals surface area contributed by atoms with Crippen molar-refractivity contribution in [3.63, 3.8) is 0 Å². The van der Waals surface area contributed by atoms with E-state index < -0.39 is 11.9 Å². The molecule has 4 heteroatoms. The Hall–Kier alpha value is -1.84. The lowest BCUT2D eigenvalue weighted by Gasteiger charge is -2.08. The third kappa shape index (κ3) is 2.30. The van der Waals surface area contributed by atoms with Crippen LogP contribution in [0.15, 0.2) is 35.5 Å². The van der Waals surface area contributed by atoms with Crippen LogP contribution in [-0.4, -0.2) is 17.0 Å². The molecular formula is C9H9NO3. The fourth-order valence-electron chi connectivity index (χ4n) is 1.10. The van der Waals surface area contributed by atoms with Gasteiger partial charge in [-0.2, -0.15) is 0 Å². The molecule has 0 aromatic carbocycles. The summed E-state index contributed by atoms with van der Waals surface area (Å²) >= 11 is 0. The average Bonchev–Trinajstić information content (AvgIpc) is 2.03. The van der Waals surface area contributed by atoms with Crippen molar-refractivity contribution < 1.29 is 14.7 Å². The molecule has 0 saturated carbocycles. The molecule has 13 heavy (non-hydrogen) atoms. The van der Waals surface area contributed by atoms with Crippen LogP contribution in [0.1, 0.15) is 6.42 Å². The fraction of sp³-hybridized carbons (Fsp3) is 0.111. The summed E-state index contributed by atoms with van der Waals surface area (Å²) in [6.45, 7) is 0. The van der Waals surface area contributed by atoms with Crippen LogP contribution in [0.3, 0.4) is 0 Å². The Morgan fingerprint density at radius 1 is 1.54 bits per heavy atom. The largest absolute Gasteiger partial charge is 0.478 e. The maximum Gasteiger partial charge on any atom is 0.328 e. The maximum absolute atomic E-state index is 10.8. The number of hydrogen-bond acceptors (Lipinski definition) is 2. The lowest BCUT2D eigenvalue weighted by molar-refractivity contribution is -0.131. The molecule has 1 aliphatic rings. The van der Waals surface area contributed by atoms with Gasteiger partial charge >= 0.3 is 5.97 Å². The van der Waals surface area contributed by atoms with Crippen LogP contribution in [0.25, 0.3) is 0 Å². The highest BCUT2D eigenvalue weighted by Gasteiger charge is 2.12. The second-order valence-corrected chi connectivity index (χ2v) is 2.58. The molecule has 1 amide bonds. The van der Waals surface area contributed by atoms with Crippen LogP contribution in [0.4, 0.5) is 0 Å². The van der Waals surface area contributed by atoms with E-state index in [4.69, 9.17) is 10.8 Å². The van der Waals surface area contributed by atoms with Crippen molar-refractivity contribution in [3.05, 3.63) is 35.5 Å². The van der Waals surface area contributed by atoms with E-state index in [0.29, 0.717) is 12.0 Å². The van der Waals surface area contributed by atoms with Crippen molar-refractivity contribution in [2.45, 2.75) is 6.42 Å². The van der Waals surface area contributed by atoms with Gasteiger partial charge in [0, 0.05) is 11.6 Å². The van der Waals surface area contributed by atoms with Crippen molar-refractivity contribution >= 4 is 11.9 Å². The van der Waals surface area contributed by atoms with Gasteiger partial charge in [0.05, 0.1) is 0 Å². The molecular weight excluding hydrogens is 170 g/mol. The van der Waals surface area contributed by atoms with E-state index in [1.165, 1.54) is 6.08 Å². The number of carbonyl (C=O) groups is 2. The predicted octanol–water partition coefficient (Wildman–Crippen LogP) is 0.369. The summed E-state index contributed by atoms with van der Waals surface area (Å²) in [4.78, 5) is 21.2. The van der Waals surface area contributed by atoms with Crippen molar-refractivity contribution in [1.29, 1.82) is 0 Å². The monoisotopic (exact) mass is 179 g/mol. The highest BCUT2D eigenvalue weighted by molar-refractivity contribution is 5.99. The topological polar surface area (TPSA) is 80.4 Å². The molecule has 0 heterocycles. The van der Waals surface area contributed by atoms with Crippen LogP contribution in [-0.2, 0) is 9.59 Å². The Morgan fingerprint density at radius 2 is 2.23 bits per heavy atom. The highest BCUT2D eigenvalue weighted by Crippen LogP contribution is 2.18. The Bertz CT molecular complexity index is 337. The van der Waals surface area contributed by atoms with Gasteiger partial charge in [-0.15, -0.1) is 0 Å². The molecule has 1 rings (SSSR count). The number of amides is 1. The Morgan fingerprint density at radius 3 is 2.77 bits per heavy atom. The second-order valence-electron chi connectivity index (χ2n) is 2.58. The minimum absolute atomic E-state index is 0.268. The quantitative estimate of drug-likeness (QED) is 0.601. The summed E-state index contributed by atoms with van der Waals surface area (Å²) in [6.07, 6.45) is 6.39. The first-order chi connectivity index (χ1) is 6.11. The number of primary amides is 1. The number of allylic oxidation sites excluding steroid dienone is 3. The van der Waals surface area contributed by atoms with E-state index in [1.54, 1.807) is 12.2 Å². The molecule has 0 bridgehead atoms. The van der Waals surface area contributed by atoms with Gasteiger partial charge in [-0.1, -0.05) is 12.2 Å². The first-order valence-corrected chi connectivity index (χ1v) is 3.72. The molecule has 0 aromatic heterocycles. The molecule has 68 valence electrons. The second kappa shape index (κ2) is 3.71. The summed E-state index contributed by atoms with van der Waals surface area (Å²) in [5.41, 5.74) is 5.77. The molecule has 4 nitrogen and oxygen atoms in total. The summed E-state index contributed by atoms with van der Waals surface area (Å²) in [5.74, 6) is -1.67. The lowest BCUT2D eigenvalue weighted by Crippen LogP contribution is -2.17. The Kier molecular flexibility index (Phi) is 2.64. The first kappa shape index (κ1) is 9.25. The molecule has 0 spiro atoms. The van der Waals surface area contributed by atoms with E-state index >= 15 is 0 Å². The average molecular weight is 179 g/mol. The molecule has 0 saturated heterocycles. The molecule has 0 aromatic rings. The first-order valence-electron chi connectivity index (χ1n) is 3.72. The van der Waals surface area contributed by atoms with E-state index in [2.05, 4.69) is 0 Å². The van der Waals surface area contributed by atoms with E-state index in [1.807, 2.05) is 0 Å². The van der Waals surface area contributed by atoms with Gasteiger partial charge in [-0.25, -0.2) is 4.79 Å². The number of carboxylic acid groups (broad SMARTS) is 1. The van der Waals surface area contributed by atoms with Gasteiger partial charge in [0.25, 0.3) is 0 Å². The van der Waals surface area contributed by atoms with Gasteiger partial charge < -0.3 is 10.8 Å². The van der Waals surface area contributed by atoms with Gasteiger partial charge in [0.1, 0.15) is 0 Å². The van der Waals surface area contributed by atoms with Crippen molar-refractivity contribution in [3.8, 4) is 0 Å². The molecule has 3 N–H and O–H groups in total. The number of nitrogens with two attached hydrogens (primary N) is 1. The third-order valence-electron chi connectivity index (χ3n) is 1.65. The fourth-order valence-corrected chi connectivity index (χ4v) is 1.10. The highest BCUT2D eigenvalue weighted by atomic mass is 16.4. The van der Waals surface area contributed by atoms with E-state index in [-0.39, 0.29) is 5.57 Å². The predicted molar refractivity (Wildman–Crippen MR) is 46.8 cm³/mol. The standard InChI is InChI=1S/C9H9NO3/c10-9(13)7-4-2-1-3-6(7)5-8(11)12/h1-2,4-5H,3H2,(H2,10,13)(H,11,12). The van der Waals surface area contributed by atoms with E-state index in [9.17, 15) is 9.59 Å². The lowest BCUT2D eigenvalue weighted by atomic mass is 9.97. The molecule has 0 unspecified atom stereocenters. The van der Waals surface area contributed by atoms with Gasteiger partial charge in [0.15, 0.2) is 0 Å². The molecule has 0 aliphatic heterocycles. The van der Waals surface area contributed by atoms with Crippen LogP contribution in [0.2, 0.25) is 0 Å². The van der Waals surface area contributed by atoms with E-state index in [0.717, 1.165) is 6.08 Å². The number of rotatable bonds is 2. The van der Waals surface area contributed by atoms with Crippen molar-refractivity contribution in [1.82, 2.24) is 0 Å². The van der Waals surface area contributed by atoms with Crippen LogP contribution < -0.4 is 5.73 Å². The van der Waals surface area contributed by atoms with Gasteiger partial charge in [-0.3, -0.25) is 4.79 Å². The van der Waals surface area contributed by atoms with Crippen LogP contribution >= 0.6 is 0 Å². The summed E-state index contributed by atoms with van der Waals surface area (Å²) in [7, 11) is 0. The van der Waals surface area contributed by atoms with Crippen LogP contribution in [0.5, 0.6) is 0 Å². The van der Waals surface area contributed by atoms with Crippen molar-refractivity contribution in [2.75, 3.05) is 0 Å². The summed E-state index contributed by atoms with van der Waals surface area (Å²) in [6, 6.07) is 0. The number of carbonyl (C=O) groups excluding carboxylic acids is 1. The minimum atomic E-state index is -1.07. The molecule has 0 fully saturated rings. The third-order valence-corrected chi connectivity index (χ3v) is 1.65. The summed E-state index contributed by atoms with van der Waals surface area (Å²) in [5, 5.41) is 8.49. The minimum Gasteiger partial charge on any atom is -0.478 e. The van der Waals surface area contributed by atoms with Crippen molar-refractivity contribution in [2.24, 2.45) is 5.73 Å². The molecule has 0 atom stereocenters. The Balaban J connectivity index is 3.00. The summed E-state index contributed by atoms with van der Waals surface area (Å²) < 4.78 is 0. The molecule has 1 aliphatic carbocycles. The zero-order valence-corrected chi connectivity index (χ0v) is 6.86. The zero-order chi connectivity index (χ0) is 9.84.